The minimum Gasteiger partial charge on any atom is -0.744 e. The first-order valence-corrected chi connectivity index (χ1v) is 7.88. The van der Waals surface area contributed by atoms with E-state index in [0.29, 0.717) is 17.0 Å². The Balaban J connectivity index is 0.000000251. The van der Waals surface area contributed by atoms with E-state index in [1.54, 1.807) is 24.3 Å². The van der Waals surface area contributed by atoms with Gasteiger partial charge in [0.15, 0.2) is 23.3 Å². The summed E-state index contributed by atoms with van der Waals surface area (Å²) in [6.07, 6.45) is 1.83. The van der Waals surface area contributed by atoms with Gasteiger partial charge < -0.3 is 4.55 Å². The predicted molar refractivity (Wildman–Crippen MR) is 81.5 cm³/mol. The van der Waals surface area contributed by atoms with Gasteiger partial charge in [0.05, 0.1) is 5.56 Å². The minimum absolute atomic E-state index is 0.566. The van der Waals surface area contributed by atoms with Gasteiger partial charge in [0, 0.05) is 5.41 Å². The van der Waals surface area contributed by atoms with Gasteiger partial charge >= 0.3 is 0 Å². The zero-order chi connectivity index (χ0) is 19.2. The molecule has 0 aliphatic heterocycles. The summed E-state index contributed by atoms with van der Waals surface area (Å²) in [5, 5.41) is 0.641. The molecule has 0 N–H and O–H groups in total. The maximum atomic E-state index is 12.6. The van der Waals surface area contributed by atoms with Crippen molar-refractivity contribution in [3.8, 4) is 0 Å². The van der Waals surface area contributed by atoms with Gasteiger partial charge in [0.1, 0.15) is 10.1 Å². The van der Waals surface area contributed by atoms with Crippen molar-refractivity contribution >= 4 is 22.3 Å². The molecule has 0 bridgehead atoms. The largest absolute Gasteiger partial charge is 0.744 e. The summed E-state index contributed by atoms with van der Waals surface area (Å²) < 4.78 is 92.8. The molecule has 0 aromatic heterocycles. The Kier molecular flexibility index (Phi) is 7.01. The molecule has 0 fully saturated rings. The predicted octanol–water partition coefficient (Wildman–Crippen LogP) is 4.23. The lowest BCUT2D eigenvalue weighted by Crippen LogP contribution is -2.03. The smallest absolute Gasteiger partial charge is 0.200 e. The highest BCUT2D eigenvalue weighted by Gasteiger charge is 2.23. The Labute approximate surface area is 140 Å². The van der Waals surface area contributed by atoms with Crippen LogP contribution in [0.2, 0.25) is 0 Å². The molecule has 0 radical (unpaired) electrons. The van der Waals surface area contributed by atoms with E-state index in [1.165, 1.54) is 6.08 Å². The molecule has 0 saturated carbocycles. The van der Waals surface area contributed by atoms with Gasteiger partial charge in [-0.2, -0.15) is 0 Å². The maximum Gasteiger partial charge on any atom is 0.200 e. The molecular formula is C16H10F5O3S-. The fraction of sp³-hybridized carbons (Fsp3) is 0. The van der Waals surface area contributed by atoms with Crippen LogP contribution < -0.4 is 0 Å². The highest BCUT2D eigenvalue weighted by Crippen LogP contribution is 2.23. The standard InChI is InChI=1S/C8H3F5.C8H8O3S/c1-2-3-4(9)6(11)8(13)7(12)5(3)10;9-12(10,11)7-6-8-4-2-1-3-5-8/h2H,1H2;1-7H,(H,9,10,11)/p-1. The summed E-state index contributed by atoms with van der Waals surface area (Å²) in [6, 6.07) is 8.75. The van der Waals surface area contributed by atoms with Crippen molar-refractivity contribution < 1.29 is 34.9 Å². The van der Waals surface area contributed by atoms with E-state index in [-0.39, 0.29) is 0 Å². The van der Waals surface area contributed by atoms with Crippen molar-refractivity contribution in [2.75, 3.05) is 0 Å². The van der Waals surface area contributed by atoms with E-state index < -0.39 is 44.8 Å². The number of hydrogen-bond donors (Lipinski definition) is 0. The highest BCUT2D eigenvalue weighted by molar-refractivity contribution is 7.88. The van der Waals surface area contributed by atoms with E-state index in [1.807, 2.05) is 6.07 Å². The molecule has 2 aromatic carbocycles. The summed E-state index contributed by atoms with van der Waals surface area (Å²) in [5.41, 5.74) is -0.326. The molecule has 0 spiro atoms. The second-order valence-electron chi connectivity index (χ2n) is 4.39. The molecule has 9 heteroatoms. The van der Waals surface area contributed by atoms with Gasteiger partial charge in [0.25, 0.3) is 0 Å². The van der Waals surface area contributed by atoms with Crippen molar-refractivity contribution in [3.05, 3.63) is 82.5 Å². The SMILES string of the molecule is C=Cc1c(F)c(F)c(F)c(F)c1F.O=S(=O)([O-])C=Cc1ccccc1. The molecule has 0 aliphatic rings. The van der Waals surface area contributed by atoms with Crippen LogP contribution in [0.4, 0.5) is 22.0 Å². The molecule has 0 heterocycles. The molecular weight excluding hydrogens is 367 g/mol. The third-order valence-electron chi connectivity index (χ3n) is 2.67. The van der Waals surface area contributed by atoms with Crippen LogP contribution in [0.5, 0.6) is 0 Å². The molecule has 3 nitrogen and oxygen atoms in total. The molecule has 0 saturated heterocycles. The fourth-order valence-corrected chi connectivity index (χ4v) is 1.85. The normalized spacial score (nSPS) is 11.1. The fourth-order valence-electron chi connectivity index (χ4n) is 1.53. The molecule has 134 valence electrons. The van der Waals surface area contributed by atoms with Crippen LogP contribution in [-0.4, -0.2) is 13.0 Å². The number of rotatable bonds is 3. The first-order valence-electron chi connectivity index (χ1n) is 6.41. The van der Waals surface area contributed by atoms with Gasteiger partial charge in [-0.3, -0.25) is 0 Å². The van der Waals surface area contributed by atoms with Crippen LogP contribution in [0.15, 0.2) is 42.3 Å². The average molecular weight is 377 g/mol. The number of hydrogen-bond acceptors (Lipinski definition) is 3. The summed E-state index contributed by atoms with van der Waals surface area (Å²) >= 11 is 0. The van der Waals surface area contributed by atoms with Gasteiger partial charge in [0.2, 0.25) is 5.82 Å². The third kappa shape index (κ3) is 5.80. The highest BCUT2D eigenvalue weighted by atomic mass is 32.2. The summed E-state index contributed by atoms with van der Waals surface area (Å²) in [4.78, 5) is 0. The zero-order valence-electron chi connectivity index (χ0n) is 12.3. The number of benzene rings is 2. The van der Waals surface area contributed by atoms with Crippen LogP contribution in [0.3, 0.4) is 0 Å². The summed E-state index contributed by atoms with van der Waals surface area (Å²) in [5.74, 6) is -9.83. The number of halogens is 5. The molecule has 2 rings (SSSR count). The lowest BCUT2D eigenvalue weighted by atomic mass is 10.1. The van der Waals surface area contributed by atoms with E-state index in [9.17, 15) is 34.9 Å². The maximum absolute atomic E-state index is 12.6. The summed E-state index contributed by atoms with van der Waals surface area (Å²) in [7, 11) is -4.25. The van der Waals surface area contributed by atoms with Crippen LogP contribution in [0.25, 0.3) is 12.2 Å². The van der Waals surface area contributed by atoms with E-state index >= 15 is 0 Å². The third-order valence-corrected chi connectivity index (χ3v) is 3.14. The molecule has 0 aliphatic carbocycles. The van der Waals surface area contributed by atoms with E-state index in [2.05, 4.69) is 6.58 Å². The molecule has 0 amide bonds. The topological polar surface area (TPSA) is 57.2 Å². The van der Waals surface area contributed by atoms with Crippen LogP contribution >= 0.6 is 0 Å². The van der Waals surface area contributed by atoms with Crippen molar-refractivity contribution in [1.82, 2.24) is 0 Å². The Morgan fingerprint density at radius 3 is 1.68 bits per heavy atom. The monoisotopic (exact) mass is 377 g/mol. The van der Waals surface area contributed by atoms with Crippen LogP contribution in [-0.2, 0) is 10.1 Å². The lowest BCUT2D eigenvalue weighted by molar-refractivity contribution is 0.377. The van der Waals surface area contributed by atoms with Crippen molar-refractivity contribution in [3.63, 3.8) is 0 Å². The zero-order valence-corrected chi connectivity index (χ0v) is 13.2. The Morgan fingerprint density at radius 1 is 0.840 bits per heavy atom. The van der Waals surface area contributed by atoms with E-state index in [4.69, 9.17) is 0 Å². The average Bonchev–Trinajstić information content (AvgIpc) is 2.58. The van der Waals surface area contributed by atoms with Crippen molar-refractivity contribution in [1.29, 1.82) is 0 Å². The second-order valence-corrected chi connectivity index (χ2v) is 5.65. The lowest BCUT2D eigenvalue weighted by Gasteiger charge is -2.02. The molecule has 2 aromatic rings. The van der Waals surface area contributed by atoms with Crippen molar-refractivity contribution in [2.45, 2.75) is 0 Å². The van der Waals surface area contributed by atoms with E-state index in [0.717, 1.165) is 0 Å². The second kappa shape index (κ2) is 8.54. The summed E-state index contributed by atoms with van der Waals surface area (Å²) in [6.45, 7) is 2.93. The quantitative estimate of drug-likeness (QED) is 0.348. The van der Waals surface area contributed by atoms with Gasteiger partial charge in [-0.25, -0.2) is 30.4 Å². The first-order chi connectivity index (χ1) is 11.6. The van der Waals surface area contributed by atoms with Crippen LogP contribution in [0, 0.1) is 29.1 Å². The Hall–Kier alpha value is -2.52. The minimum atomic E-state index is -4.25. The molecule has 0 unspecified atom stereocenters. The first kappa shape index (κ1) is 20.5. The molecule has 0 atom stereocenters. The van der Waals surface area contributed by atoms with Crippen LogP contribution in [0.1, 0.15) is 11.1 Å². The Morgan fingerprint density at radius 2 is 1.28 bits per heavy atom. The molecule has 25 heavy (non-hydrogen) atoms. The van der Waals surface area contributed by atoms with Gasteiger partial charge in [-0.1, -0.05) is 43.0 Å². The van der Waals surface area contributed by atoms with Crippen molar-refractivity contribution in [2.24, 2.45) is 0 Å². The Bertz CT molecular complexity index is 865. The van der Waals surface area contributed by atoms with Gasteiger partial charge in [-0.15, -0.1) is 0 Å². The van der Waals surface area contributed by atoms with Gasteiger partial charge in [-0.05, 0) is 11.6 Å².